The van der Waals surface area contributed by atoms with E-state index in [1.165, 1.54) is 11.3 Å². The molecule has 5 N–H and O–H groups in total. The van der Waals surface area contributed by atoms with Crippen molar-refractivity contribution < 1.29 is 39.5 Å². The van der Waals surface area contributed by atoms with E-state index in [4.69, 9.17) is 25.2 Å². The minimum absolute atomic E-state index is 0.0981. The van der Waals surface area contributed by atoms with E-state index in [1.807, 2.05) is 18.2 Å². The van der Waals surface area contributed by atoms with Crippen LogP contribution in [0.5, 0.6) is 5.75 Å². The van der Waals surface area contributed by atoms with Crippen LogP contribution in [-0.2, 0) is 15.0 Å². The number of nitrogens with one attached hydrogen (secondary N) is 1. The molecule has 0 aromatic heterocycles. The molecule has 2 unspecified atom stereocenters. The summed E-state index contributed by atoms with van der Waals surface area (Å²) in [5, 5.41) is 35.0. The van der Waals surface area contributed by atoms with E-state index in [2.05, 4.69) is 36.1 Å². The van der Waals surface area contributed by atoms with Crippen LogP contribution in [-0.4, -0.2) is 89.4 Å². The van der Waals surface area contributed by atoms with Gasteiger partial charge in [0.1, 0.15) is 5.75 Å². The van der Waals surface area contributed by atoms with Crippen molar-refractivity contribution in [3.63, 3.8) is 0 Å². The van der Waals surface area contributed by atoms with Crippen LogP contribution >= 0.6 is 0 Å². The van der Waals surface area contributed by atoms with Crippen LogP contribution in [0.25, 0.3) is 0 Å². The highest BCUT2D eigenvalue weighted by molar-refractivity contribution is 5.83. The number of likely N-dealkylation sites (tertiary alicyclic amines) is 1. The van der Waals surface area contributed by atoms with Crippen LogP contribution in [0.15, 0.2) is 18.2 Å². The Bertz CT molecular complexity index is 814. The van der Waals surface area contributed by atoms with Gasteiger partial charge in [0, 0.05) is 31.7 Å². The summed E-state index contributed by atoms with van der Waals surface area (Å²) in [6.07, 6.45) is -3.46. The smallest absolute Gasteiger partial charge is 0.412 e. The number of carbonyl (C=O) groups is 3. The van der Waals surface area contributed by atoms with Gasteiger partial charge in [0.05, 0.1) is 6.17 Å². The molecule has 1 fully saturated rings. The molecule has 30 heavy (non-hydrogen) atoms. The molecular weight excluding hydrogens is 398 g/mol. The summed E-state index contributed by atoms with van der Waals surface area (Å²) in [7, 11) is 5.86. The lowest BCUT2D eigenvalue weighted by molar-refractivity contribution is -0.165. The number of amides is 1. The second-order valence-corrected chi connectivity index (χ2v) is 7.52. The molecule has 1 saturated heterocycles. The number of carboxylic acids is 2. The van der Waals surface area contributed by atoms with Gasteiger partial charge in [-0.2, -0.15) is 0 Å². The Morgan fingerprint density at radius 1 is 1.17 bits per heavy atom. The number of anilines is 1. The molecule has 0 aliphatic carbocycles. The first-order valence-corrected chi connectivity index (χ1v) is 9.23. The fourth-order valence-corrected chi connectivity index (χ4v) is 4.05. The lowest BCUT2D eigenvalue weighted by Gasteiger charge is -2.32. The SMILES string of the molecule is CNC(=O)Oc1ccc2c(c1)[C@]1(C)CCN(C)[C@@H]1N2C.O=C(O)C(O)C(O)C(=O)O. The Morgan fingerprint density at radius 3 is 2.23 bits per heavy atom. The van der Waals surface area contributed by atoms with Crippen molar-refractivity contribution >= 4 is 23.7 Å². The lowest BCUT2D eigenvalue weighted by Crippen LogP contribution is -2.45. The summed E-state index contributed by atoms with van der Waals surface area (Å²) >= 11 is 0. The third-order valence-corrected chi connectivity index (χ3v) is 5.52. The molecule has 0 saturated carbocycles. The molecule has 0 spiro atoms. The van der Waals surface area contributed by atoms with Gasteiger partial charge in [-0.15, -0.1) is 0 Å². The van der Waals surface area contributed by atoms with Gasteiger partial charge in [0.25, 0.3) is 0 Å². The number of carbonyl (C=O) groups excluding carboxylic acids is 1. The van der Waals surface area contributed by atoms with E-state index in [-0.39, 0.29) is 5.41 Å². The Morgan fingerprint density at radius 2 is 1.73 bits per heavy atom. The van der Waals surface area contributed by atoms with Gasteiger partial charge in [-0.25, -0.2) is 14.4 Å². The lowest BCUT2D eigenvalue weighted by atomic mass is 9.81. The van der Waals surface area contributed by atoms with Crippen molar-refractivity contribution in [1.82, 2.24) is 10.2 Å². The van der Waals surface area contributed by atoms with Gasteiger partial charge in [-0.05, 0) is 37.2 Å². The fraction of sp³-hybridized carbons (Fsp3) is 0.526. The first-order chi connectivity index (χ1) is 13.9. The molecule has 2 aliphatic rings. The van der Waals surface area contributed by atoms with Gasteiger partial charge in [0.2, 0.25) is 0 Å². The van der Waals surface area contributed by atoms with E-state index in [1.54, 1.807) is 7.05 Å². The van der Waals surface area contributed by atoms with E-state index in [9.17, 15) is 14.4 Å². The van der Waals surface area contributed by atoms with Crippen molar-refractivity contribution in [1.29, 1.82) is 0 Å². The number of benzene rings is 1. The maximum Gasteiger partial charge on any atom is 0.412 e. The maximum absolute atomic E-state index is 11.4. The largest absolute Gasteiger partial charge is 0.479 e. The third kappa shape index (κ3) is 4.32. The Labute approximate surface area is 173 Å². The number of likely N-dealkylation sites (N-methyl/N-ethyl adjacent to an activating group) is 2. The molecule has 11 heteroatoms. The molecular formula is C19H27N3O8. The Balaban J connectivity index is 0.000000274. The Kier molecular flexibility index (Phi) is 6.91. The molecule has 3 rings (SSSR count). The first-order valence-electron chi connectivity index (χ1n) is 9.23. The molecule has 2 heterocycles. The third-order valence-electron chi connectivity index (χ3n) is 5.52. The molecule has 1 aromatic carbocycles. The second kappa shape index (κ2) is 8.86. The minimum atomic E-state index is -2.27. The minimum Gasteiger partial charge on any atom is -0.479 e. The highest BCUT2D eigenvalue weighted by Crippen LogP contribution is 2.51. The zero-order valence-corrected chi connectivity index (χ0v) is 17.2. The van der Waals surface area contributed by atoms with Crippen LogP contribution in [0.2, 0.25) is 0 Å². The van der Waals surface area contributed by atoms with Crippen LogP contribution in [0, 0.1) is 0 Å². The summed E-state index contributed by atoms with van der Waals surface area (Å²) in [5.41, 5.74) is 2.60. The summed E-state index contributed by atoms with van der Waals surface area (Å²) in [6, 6.07) is 5.92. The number of aliphatic carboxylic acids is 2. The first kappa shape index (κ1) is 23.4. The number of nitrogens with zero attached hydrogens (tertiary/aromatic N) is 2. The van der Waals surface area contributed by atoms with Crippen molar-refractivity contribution in [2.75, 3.05) is 32.6 Å². The molecule has 1 aromatic rings. The van der Waals surface area contributed by atoms with Gasteiger partial charge in [-0.1, -0.05) is 6.92 Å². The van der Waals surface area contributed by atoms with Crippen molar-refractivity contribution in [3.05, 3.63) is 23.8 Å². The molecule has 166 valence electrons. The second-order valence-electron chi connectivity index (χ2n) is 7.52. The van der Waals surface area contributed by atoms with Crippen molar-refractivity contribution in [2.24, 2.45) is 0 Å². The van der Waals surface area contributed by atoms with Gasteiger partial charge in [-0.3, -0.25) is 4.90 Å². The summed E-state index contributed by atoms with van der Waals surface area (Å²) in [5.74, 6) is -2.93. The normalized spacial score (nSPS) is 24.1. The van der Waals surface area contributed by atoms with Gasteiger partial charge < -0.3 is 35.4 Å². The van der Waals surface area contributed by atoms with Crippen LogP contribution in [0.4, 0.5) is 10.5 Å². The number of aliphatic hydroxyl groups is 2. The van der Waals surface area contributed by atoms with E-state index in [0.717, 1.165) is 13.0 Å². The van der Waals surface area contributed by atoms with Crippen LogP contribution in [0.3, 0.4) is 0 Å². The molecule has 0 radical (unpaired) electrons. The zero-order valence-electron chi connectivity index (χ0n) is 17.2. The van der Waals surface area contributed by atoms with Crippen molar-refractivity contribution in [2.45, 2.75) is 37.1 Å². The van der Waals surface area contributed by atoms with Gasteiger partial charge in [0.15, 0.2) is 12.2 Å². The number of aliphatic hydroxyl groups excluding tert-OH is 2. The molecule has 2 aliphatic heterocycles. The molecule has 4 atom stereocenters. The number of hydrogen-bond donors (Lipinski definition) is 5. The highest BCUT2D eigenvalue weighted by atomic mass is 16.6. The zero-order chi connectivity index (χ0) is 22.8. The van der Waals surface area contributed by atoms with E-state index in [0.29, 0.717) is 11.9 Å². The average molecular weight is 425 g/mol. The quantitative estimate of drug-likeness (QED) is 0.431. The number of ether oxygens (including phenoxy) is 1. The Hall–Kier alpha value is -2.89. The predicted octanol–water partition coefficient (Wildman–Crippen LogP) is -0.349. The standard InChI is InChI=1S/C15H21N3O2.C4H6O6/c1-15-7-8-17(3)13(15)18(4)12-6-5-10(9-11(12)15)20-14(19)16-2;5-1(3(7)8)2(6)4(9)10/h5-6,9,13H,7-8H2,1-4H3,(H,16,19);1-2,5-6H,(H,7,8)(H,9,10)/t13-,15+;/m1./s1. The van der Waals surface area contributed by atoms with Crippen LogP contribution < -0.4 is 15.0 Å². The van der Waals surface area contributed by atoms with E-state index >= 15 is 0 Å². The van der Waals surface area contributed by atoms with Crippen molar-refractivity contribution in [3.8, 4) is 5.75 Å². The number of hydrogen-bond acceptors (Lipinski definition) is 8. The number of carboxylic acid groups (broad SMARTS) is 2. The fourth-order valence-electron chi connectivity index (χ4n) is 4.05. The molecule has 1 amide bonds. The number of rotatable bonds is 4. The summed E-state index contributed by atoms with van der Waals surface area (Å²) in [4.78, 5) is 35.6. The summed E-state index contributed by atoms with van der Waals surface area (Å²) < 4.78 is 5.26. The molecule has 0 bridgehead atoms. The highest BCUT2D eigenvalue weighted by Gasteiger charge is 2.52. The summed E-state index contributed by atoms with van der Waals surface area (Å²) in [6.45, 7) is 3.39. The van der Waals surface area contributed by atoms with Gasteiger partial charge >= 0.3 is 18.0 Å². The monoisotopic (exact) mass is 425 g/mol. The van der Waals surface area contributed by atoms with Crippen LogP contribution in [0.1, 0.15) is 18.9 Å². The number of fused-ring (bicyclic) bond motifs is 3. The predicted molar refractivity (Wildman–Crippen MR) is 106 cm³/mol. The molecule has 11 nitrogen and oxygen atoms in total. The maximum atomic E-state index is 11.4. The average Bonchev–Trinajstić information content (AvgIpc) is 3.12. The topological polar surface area (TPSA) is 160 Å². The van der Waals surface area contributed by atoms with E-state index < -0.39 is 30.2 Å².